The van der Waals surface area contributed by atoms with Gasteiger partial charge < -0.3 is 9.67 Å². The minimum Gasteiger partial charge on any atom is -0.481 e. The highest BCUT2D eigenvalue weighted by atomic mass is 19.1. The maximum atomic E-state index is 13.3. The van der Waals surface area contributed by atoms with E-state index in [9.17, 15) is 9.18 Å². The molecule has 2 rings (SSSR count). The van der Waals surface area contributed by atoms with E-state index in [1.54, 1.807) is 13.0 Å². The molecule has 2 unspecified atom stereocenters. The Morgan fingerprint density at radius 2 is 2.15 bits per heavy atom. The molecular formula is C15H19FN2O2. The number of rotatable bonds is 5. The second kappa shape index (κ2) is 5.61. The molecule has 0 aliphatic heterocycles. The van der Waals surface area contributed by atoms with Crippen molar-refractivity contribution in [2.75, 3.05) is 0 Å². The Morgan fingerprint density at radius 3 is 2.75 bits per heavy atom. The third kappa shape index (κ3) is 2.53. The Labute approximate surface area is 117 Å². The van der Waals surface area contributed by atoms with E-state index in [1.807, 2.05) is 18.4 Å². The summed E-state index contributed by atoms with van der Waals surface area (Å²) in [5, 5.41) is 9.16. The number of fused-ring (bicyclic) bond motifs is 1. The van der Waals surface area contributed by atoms with Crippen LogP contribution in [0.5, 0.6) is 0 Å². The molecule has 0 radical (unpaired) electrons. The molecule has 0 fully saturated rings. The average Bonchev–Trinajstić information content (AvgIpc) is 2.75. The molecular weight excluding hydrogens is 259 g/mol. The molecule has 0 bridgehead atoms. The molecule has 20 heavy (non-hydrogen) atoms. The van der Waals surface area contributed by atoms with E-state index in [0.29, 0.717) is 11.3 Å². The standard InChI is InChI=1S/C15H19FN2O2/c1-4-7-18-13-6-5-11(16)8-12(13)17-14(18)9(2)10(3)15(19)20/h5-6,8-10H,4,7H2,1-3H3,(H,19,20). The van der Waals surface area contributed by atoms with Crippen LogP contribution < -0.4 is 0 Å². The minimum absolute atomic E-state index is 0.227. The van der Waals surface area contributed by atoms with Crippen molar-refractivity contribution in [3.8, 4) is 0 Å². The highest BCUT2D eigenvalue weighted by Crippen LogP contribution is 2.28. The van der Waals surface area contributed by atoms with E-state index >= 15 is 0 Å². The van der Waals surface area contributed by atoms with E-state index in [2.05, 4.69) is 4.98 Å². The zero-order valence-electron chi connectivity index (χ0n) is 11.9. The molecule has 0 saturated carbocycles. The number of hydrogen-bond donors (Lipinski definition) is 1. The maximum Gasteiger partial charge on any atom is 0.306 e. The van der Waals surface area contributed by atoms with Crippen molar-refractivity contribution in [2.45, 2.75) is 39.7 Å². The van der Waals surface area contributed by atoms with Gasteiger partial charge in [0.2, 0.25) is 0 Å². The Kier molecular flexibility index (Phi) is 4.06. The summed E-state index contributed by atoms with van der Waals surface area (Å²) in [6, 6.07) is 4.50. The lowest BCUT2D eigenvalue weighted by atomic mass is 9.95. The maximum absolute atomic E-state index is 13.3. The van der Waals surface area contributed by atoms with Crippen molar-refractivity contribution in [1.82, 2.24) is 9.55 Å². The molecule has 108 valence electrons. The number of aryl methyl sites for hydroxylation is 1. The Morgan fingerprint density at radius 1 is 1.45 bits per heavy atom. The fourth-order valence-corrected chi connectivity index (χ4v) is 2.37. The first-order valence-corrected chi connectivity index (χ1v) is 6.84. The van der Waals surface area contributed by atoms with Crippen molar-refractivity contribution >= 4 is 17.0 Å². The van der Waals surface area contributed by atoms with Crippen molar-refractivity contribution in [3.05, 3.63) is 29.8 Å². The fourth-order valence-electron chi connectivity index (χ4n) is 2.37. The van der Waals surface area contributed by atoms with Gasteiger partial charge in [0, 0.05) is 18.5 Å². The van der Waals surface area contributed by atoms with E-state index in [0.717, 1.165) is 18.5 Å². The molecule has 1 N–H and O–H groups in total. The van der Waals surface area contributed by atoms with Crippen molar-refractivity contribution < 1.29 is 14.3 Å². The van der Waals surface area contributed by atoms with Gasteiger partial charge in [-0.15, -0.1) is 0 Å². The lowest BCUT2D eigenvalue weighted by Gasteiger charge is -2.17. The monoisotopic (exact) mass is 278 g/mol. The minimum atomic E-state index is -0.848. The summed E-state index contributed by atoms with van der Waals surface area (Å²) in [5.41, 5.74) is 1.44. The van der Waals surface area contributed by atoms with Gasteiger partial charge in [-0.05, 0) is 18.6 Å². The predicted molar refractivity (Wildman–Crippen MR) is 75.2 cm³/mol. The first-order chi connectivity index (χ1) is 9.45. The van der Waals surface area contributed by atoms with E-state index < -0.39 is 11.9 Å². The molecule has 1 aromatic heterocycles. The van der Waals surface area contributed by atoms with Crippen LogP contribution in [0.15, 0.2) is 18.2 Å². The normalized spacial score (nSPS) is 14.4. The van der Waals surface area contributed by atoms with Gasteiger partial charge in [0.25, 0.3) is 0 Å². The Bertz CT molecular complexity index is 636. The molecule has 2 aromatic rings. The van der Waals surface area contributed by atoms with Crippen LogP contribution in [0.3, 0.4) is 0 Å². The molecule has 0 aliphatic rings. The molecule has 0 spiro atoms. The van der Waals surface area contributed by atoms with Gasteiger partial charge >= 0.3 is 5.97 Å². The molecule has 4 nitrogen and oxygen atoms in total. The van der Waals surface area contributed by atoms with Crippen LogP contribution in [-0.4, -0.2) is 20.6 Å². The van der Waals surface area contributed by atoms with Gasteiger partial charge in [0.1, 0.15) is 11.6 Å². The van der Waals surface area contributed by atoms with Gasteiger partial charge in [-0.25, -0.2) is 9.37 Å². The summed E-state index contributed by atoms with van der Waals surface area (Å²) >= 11 is 0. The SMILES string of the molecule is CCCn1c(C(C)C(C)C(=O)O)nc2cc(F)ccc21. The van der Waals surface area contributed by atoms with Crippen molar-refractivity contribution in [2.24, 2.45) is 5.92 Å². The van der Waals surface area contributed by atoms with Crippen molar-refractivity contribution in [1.29, 1.82) is 0 Å². The van der Waals surface area contributed by atoms with Crippen LogP contribution in [0.25, 0.3) is 11.0 Å². The molecule has 5 heteroatoms. The van der Waals surface area contributed by atoms with Gasteiger partial charge in [-0.2, -0.15) is 0 Å². The second-order valence-electron chi connectivity index (χ2n) is 5.17. The zero-order valence-corrected chi connectivity index (χ0v) is 11.9. The fraction of sp³-hybridized carbons (Fsp3) is 0.467. The van der Waals surface area contributed by atoms with Crippen molar-refractivity contribution in [3.63, 3.8) is 0 Å². The van der Waals surface area contributed by atoms with Gasteiger partial charge in [0.05, 0.1) is 17.0 Å². The van der Waals surface area contributed by atoms with Crippen LogP contribution in [0.1, 0.15) is 38.9 Å². The molecule has 1 heterocycles. The number of imidazole rings is 1. The largest absolute Gasteiger partial charge is 0.481 e. The van der Waals surface area contributed by atoms with Crippen LogP contribution in [0.4, 0.5) is 4.39 Å². The van der Waals surface area contributed by atoms with E-state index in [4.69, 9.17) is 5.11 Å². The third-order valence-electron chi connectivity index (χ3n) is 3.73. The van der Waals surface area contributed by atoms with Gasteiger partial charge in [-0.1, -0.05) is 20.8 Å². The molecule has 0 amide bonds. The Balaban J connectivity index is 2.56. The number of halogens is 1. The van der Waals surface area contributed by atoms with E-state index in [1.165, 1.54) is 12.1 Å². The molecule has 2 atom stereocenters. The summed E-state index contributed by atoms with van der Waals surface area (Å²) < 4.78 is 15.3. The van der Waals surface area contributed by atoms with Crippen LogP contribution in [-0.2, 0) is 11.3 Å². The van der Waals surface area contributed by atoms with Crippen LogP contribution in [0, 0.1) is 11.7 Å². The summed E-state index contributed by atoms with van der Waals surface area (Å²) in [4.78, 5) is 15.6. The van der Waals surface area contributed by atoms with Crippen LogP contribution >= 0.6 is 0 Å². The number of carbonyl (C=O) groups is 1. The number of nitrogens with zero attached hydrogens (tertiary/aromatic N) is 2. The first-order valence-electron chi connectivity index (χ1n) is 6.84. The second-order valence-corrected chi connectivity index (χ2v) is 5.17. The topological polar surface area (TPSA) is 55.1 Å². The molecule has 0 saturated heterocycles. The van der Waals surface area contributed by atoms with Crippen LogP contribution in [0.2, 0.25) is 0 Å². The highest BCUT2D eigenvalue weighted by Gasteiger charge is 2.26. The smallest absolute Gasteiger partial charge is 0.306 e. The van der Waals surface area contributed by atoms with Gasteiger partial charge in [0.15, 0.2) is 0 Å². The molecule has 1 aromatic carbocycles. The lowest BCUT2D eigenvalue weighted by Crippen LogP contribution is -2.20. The summed E-state index contributed by atoms with van der Waals surface area (Å²) in [6.45, 7) is 6.31. The summed E-state index contributed by atoms with van der Waals surface area (Å²) in [6.07, 6.45) is 0.907. The molecule has 0 aliphatic carbocycles. The predicted octanol–water partition coefficient (Wildman–Crippen LogP) is 3.41. The quantitative estimate of drug-likeness (QED) is 0.911. The summed E-state index contributed by atoms with van der Waals surface area (Å²) in [7, 11) is 0. The van der Waals surface area contributed by atoms with Gasteiger partial charge in [-0.3, -0.25) is 4.79 Å². The average molecular weight is 278 g/mol. The zero-order chi connectivity index (χ0) is 14.9. The first kappa shape index (κ1) is 14.5. The number of aromatic nitrogens is 2. The lowest BCUT2D eigenvalue weighted by molar-refractivity contribution is -0.141. The third-order valence-corrected chi connectivity index (χ3v) is 3.73. The number of benzene rings is 1. The number of hydrogen-bond acceptors (Lipinski definition) is 2. The summed E-state index contributed by atoms with van der Waals surface area (Å²) in [5.74, 6) is -1.23. The number of carboxylic acids is 1. The highest BCUT2D eigenvalue weighted by molar-refractivity contribution is 5.77. The Hall–Kier alpha value is -1.91. The van der Waals surface area contributed by atoms with E-state index in [-0.39, 0.29) is 11.7 Å². The number of aliphatic carboxylic acids is 1. The number of carboxylic acid groups (broad SMARTS) is 1.